The highest BCUT2D eigenvalue weighted by Gasteiger charge is 2.50. The molecule has 0 radical (unpaired) electrons. The fraction of sp³-hybridized carbons (Fsp3) is 0.714. The number of fused-ring (bicyclic) bond motifs is 1. The quantitative estimate of drug-likeness (QED) is 0.490. The van der Waals surface area contributed by atoms with Gasteiger partial charge in [0.05, 0.1) is 11.7 Å². The van der Waals surface area contributed by atoms with Crippen LogP contribution >= 0.6 is 0 Å². The minimum Gasteiger partial charge on any atom is -0.390 e. The maximum absolute atomic E-state index is 10.3. The summed E-state index contributed by atoms with van der Waals surface area (Å²) in [5.74, 6) is 2.12. The summed E-state index contributed by atoms with van der Waals surface area (Å²) >= 11 is 0. The molecule has 3 rings (SSSR count). The molecular weight excluding hydrogens is 368 g/mol. The van der Waals surface area contributed by atoms with Gasteiger partial charge in [0.2, 0.25) is 0 Å². The zero-order valence-electron chi connectivity index (χ0n) is 20.0. The van der Waals surface area contributed by atoms with Crippen LogP contribution < -0.4 is 0 Å². The first-order valence-corrected chi connectivity index (χ1v) is 12.2. The van der Waals surface area contributed by atoms with Gasteiger partial charge in [-0.3, -0.25) is 0 Å². The van der Waals surface area contributed by atoms with Crippen molar-refractivity contribution in [1.82, 2.24) is 0 Å². The molecule has 0 aliphatic heterocycles. The summed E-state index contributed by atoms with van der Waals surface area (Å²) in [6.45, 7) is 14.8. The molecule has 2 N–H and O–H groups in total. The lowest BCUT2D eigenvalue weighted by molar-refractivity contribution is 0.0436. The summed E-state index contributed by atoms with van der Waals surface area (Å²) in [4.78, 5) is 0. The molecule has 0 aromatic heterocycles. The van der Waals surface area contributed by atoms with E-state index in [0.29, 0.717) is 23.2 Å². The Hall–Kier alpha value is -1.12. The fourth-order valence-electron chi connectivity index (χ4n) is 6.21. The van der Waals surface area contributed by atoms with Crippen LogP contribution in [0.1, 0.15) is 86.0 Å². The van der Waals surface area contributed by atoms with Gasteiger partial charge < -0.3 is 10.2 Å². The zero-order chi connectivity index (χ0) is 22.1. The minimum absolute atomic E-state index is 0.167. The van der Waals surface area contributed by atoms with Crippen molar-refractivity contribution < 1.29 is 10.2 Å². The van der Waals surface area contributed by atoms with E-state index in [1.807, 2.05) is 13.8 Å². The van der Waals surface area contributed by atoms with Crippen molar-refractivity contribution in [2.24, 2.45) is 29.1 Å². The highest BCUT2D eigenvalue weighted by atomic mass is 16.3. The van der Waals surface area contributed by atoms with E-state index in [-0.39, 0.29) is 12.0 Å². The van der Waals surface area contributed by atoms with Crippen molar-refractivity contribution in [2.75, 3.05) is 0 Å². The molecule has 6 atom stereocenters. The highest BCUT2D eigenvalue weighted by Crippen LogP contribution is 2.59. The monoisotopic (exact) mass is 412 g/mol. The second kappa shape index (κ2) is 9.17. The van der Waals surface area contributed by atoms with E-state index in [9.17, 15) is 10.2 Å². The molecule has 2 nitrogen and oxygen atoms in total. The summed E-state index contributed by atoms with van der Waals surface area (Å²) in [5.41, 5.74) is 3.72. The molecule has 0 bridgehead atoms. The van der Waals surface area contributed by atoms with E-state index in [0.717, 1.165) is 24.8 Å². The first kappa shape index (κ1) is 23.5. The van der Waals surface area contributed by atoms with E-state index >= 15 is 0 Å². The van der Waals surface area contributed by atoms with Crippen LogP contribution in [0.25, 0.3) is 0 Å². The van der Waals surface area contributed by atoms with Crippen molar-refractivity contribution in [2.45, 2.75) is 97.7 Å². The van der Waals surface area contributed by atoms with Gasteiger partial charge in [-0.2, -0.15) is 0 Å². The summed E-state index contributed by atoms with van der Waals surface area (Å²) in [6, 6.07) is 0. The molecule has 0 heterocycles. The van der Waals surface area contributed by atoms with Gasteiger partial charge in [0.25, 0.3) is 0 Å². The molecule has 3 aliphatic carbocycles. The van der Waals surface area contributed by atoms with Crippen LogP contribution in [0.5, 0.6) is 0 Å². The van der Waals surface area contributed by atoms with Gasteiger partial charge in [-0.25, -0.2) is 0 Å². The molecule has 0 amide bonds. The van der Waals surface area contributed by atoms with E-state index in [1.54, 1.807) is 5.57 Å². The van der Waals surface area contributed by atoms with Crippen molar-refractivity contribution >= 4 is 0 Å². The fourth-order valence-corrected chi connectivity index (χ4v) is 6.21. The highest BCUT2D eigenvalue weighted by molar-refractivity contribution is 5.28. The molecule has 3 saturated carbocycles. The topological polar surface area (TPSA) is 40.5 Å². The molecule has 1 unspecified atom stereocenters. The standard InChI is InChI=1S/C28H44O2/c1-19(9-11-21(3)27(4,5)30)24-15-16-25-23(8-7-17-28(24,25)6)14-13-22-12-10-20(2)26(29)18-22/h9,11,13-14,19,21,24-26,29-30H,2,7-8,10,12,15-18H2,1,3-6H3/b11-9+,22-13-,23-14+/t19-,21-,24?,25+,26-,28-/m1/s1. The predicted octanol–water partition coefficient (Wildman–Crippen LogP) is 6.76. The van der Waals surface area contributed by atoms with E-state index < -0.39 is 5.60 Å². The molecule has 168 valence electrons. The molecule has 3 aliphatic rings. The lowest BCUT2D eigenvalue weighted by Crippen LogP contribution is -2.35. The largest absolute Gasteiger partial charge is 0.390 e. The molecule has 0 spiro atoms. The van der Waals surface area contributed by atoms with Crippen molar-refractivity contribution in [3.63, 3.8) is 0 Å². The van der Waals surface area contributed by atoms with Crippen LogP contribution in [-0.2, 0) is 0 Å². The minimum atomic E-state index is -0.661. The molecule has 2 heteroatoms. The van der Waals surface area contributed by atoms with Gasteiger partial charge in [-0.15, -0.1) is 0 Å². The lowest BCUT2D eigenvalue weighted by atomic mass is 9.61. The summed E-state index contributed by atoms with van der Waals surface area (Å²) in [6.07, 6.45) is 18.2. The predicted molar refractivity (Wildman–Crippen MR) is 127 cm³/mol. The van der Waals surface area contributed by atoms with E-state index in [1.165, 1.54) is 37.7 Å². The number of allylic oxidation sites excluding steroid dienone is 4. The van der Waals surface area contributed by atoms with Gasteiger partial charge in [0, 0.05) is 5.92 Å². The number of aliphatic hydroxyl groups is 2. The maximum Gasteiger partial charge on any atom is 0.0784 e. The van der Waals surface area contributed by atoms with Crippen LogP contribution in [0.4, 0.5) is 0 Å². The van der Waals surface area contributed by atoms with Gasteiger partial charge in [-0.1, -0.05) is 62.8 Å². The number of aliphatic hydroxyl groups excluding tert-OH is 1. The summed E-state index contributed by atoms with van der Waals surface area (Å²) in [7, 11) is 0. The molecule has 0 aromatic carbocycles. The summed E-state index contributed by atoms with van der Waals surface area (Å²) in [5, 5.41) is 20.4. The normalized spacial score (nSPS) is 37.7. The Labute approximate surface area is 184 Å². The Morgan fingerprint density at radius 1 is 1.10 bits per heavy atom. The van der Waals surface area contributed by atoms with Gasteiger partial charge in [0.15, 0.2) is 0 Å². The zero-order valence-corrected chi connectivity index (χ0v) is 20.0. The molecule has 3 fully saturated rings. The first-order chi connectivity index (χ1) is 14.0. The molecule has 0 aromatic rings. The van der Waals surface area contributed by atoms with Crippen LogP contribution in [0, 0.1) is 29.1 Å². The van der Waals surface area contributed by atoms with Crippen molar-refractivity contribution in [3.05, 3.63) is 47.6 Å². The average Bonchev–Trinajstić information content (AvgIpc) is 3.03. The number of hydrogen-bond donors (Lipinski definition) is 2. The van der Waals surface area contributed by atoms with Crippen LogP contribution in [-0.4, -0.2) is 21.9 Å². The van der Waals surface area contributed by atoms with Crippen LogP contribution in [0.2, 0.25) is 0 Å². The maximum atomic E-state index is 10.3. The van der Waals surface area contributed by atoms with Crippen LogP contribution in [0.15, 0.2) is 47.6 Å². The third-order valence-electron chi connectivity index (χ3n) is 8.72. The smallest absolute Gasteiger partial charge is 0.0784 e. The Bertz CT molecular complexity index is 719. The van der Waals surface area contributed by atoms with E-state index in [2.05, 4.69) is 51.7 Å². The molecular formula is C28H44O2. The van der Waals surface area contributed by atoms with Gasteiger partial charge >= 0.3 is 0 Å². The molecule has 30 heavy (non-hydrogen) atoms. The van der Waals surface area contributed by atoms with Crippen LogP contribution in [0.3, 0.4) is 0 Å². The SMILES string of the molecule is C=C1CC/C(=C/C=C2\CCC[C@]3(C)C([C@H](C)/C=C/[C@@H](C)C(C)(C)O)CC[C@@H]23)C[C@H]1O. The van der Waals surface area contributed by atoms with E-state index in [4.69, 9.17) is 0 Å². The summed E-state index contributed by atoms with van der Waals surface area (Å²) < 4.78 is 0. The third kappa shape index (κ3) is 5.02. The van der Waals surface area contributed by atoms with Gasteiger partial charge in [-0.05, 0) is 94.0 Å². The first-order valence-electron chi connectivity index (χ1n) is 12.2. The molecule has 0 saturated heterocycles. The van der Waals surface area contributed by atoms with Gasteiger partial charge in [0.1, 0.15) is 0 Å². The lowest BCUT2D eigenvalue weighted by Gasteiger charge is -2.44. The van der Waals surface area contributed by atoms with Crippen molar-refractivity contribution in [1.29, 1.82) is 0 Å². The number of hydrogen-bond acceptors (Lipinski definition) is 2. The Kier molecular flexibility index (Phi) is 7.19. The van der Waals surface area contributed by atoms with Crippen molar-refractivity contribution in [3.8, 4) is 0 Å². The third-order valence-corrected chi connectivity index (χ3v) is 8.72. The average molecular weight is 413 g/mol. The Morgan fingerprint density at radius 3 is 2.50 bits per heavy atom. The second-order valence-corrected chi connectivity index (χ2v) is 11.2. The Morgan fingerprint density at radius 2 is 1.83 bits per heavy atom. The Balaban J connectivity index is 1.72. The second-order valence-electron chi connectivity index (χ2n) is 11.2. The number of rotatable bonds is 5.